The molecule has 0 radical (unpaired) electrons. The molecule has 1 amide bonds. The lowest BCUT2D eigenvalue weighted by Crippen LogP contribution is -2.30. The Hall–Kier alpha value is -1.62. The number of carbonyl (C=O) groups is 1. The molecule has 0 aliphatic carbocycles. The first-order chi connectivity index (χ1) is 8.61. The maximum Gasteiger partial charge on any atom is 0.221 e. The highest BCUT2D eigenvalue weighted by molar-refractivity contribution is 5.76. The highest BCUT2D eigenvalue weighted by atomic mass is 16.1. The van der Waals surface area contributed by atoms with Crippen LogP contribution in [0.15, 0.2) is 19.0 Å². The van der Waals surface area contributed by atoms with Gasteiger partial charge in [-0.25, -0.2) is 4.68 Å². The Morgan fingerprint density at radius 3 is 3.00 bits per heavy atom. The number of rotatable bonds is 8. The molecule has 1 heterocycles. The Morgan fingerprint density at radius 2 is 2.39 bits per heavy atom. The SMILES string of the molecule is C=Cn1cc(CNCCC(=O)NCC(C)C)cn1. The number of carbonyl (C=O) groups excluding carboxylic acids is 1. The maximum atomic E-state index is 11.4. The van der Waals surface area contributed by atoms with Crippen LogP contribution in [0.2, 0.25) is 0 Å². The molecule has 0 bridgehead atoms. The van der Waals surface area contributed by atoms with E-state index in [0.717, 1.165) is 12.1 Å². The van der Waals surface area contributed by atoms with Crippen LogP contribution in [-0.2, 0) is 11.3 Å². The first-order valence-electron chi connectivity index (χ1n) is 6.25. The van der Waals surface area contributed by atoms with E-state index in [0.29, 0.717) is 25.4 Å². The summed E-state index contributed by atoms with van der Waals surface area (Å²) in [6, 6.07) is 0. The summed E-state index contributed by atoms with van der Waals surface area (Å²) in [6.45, 7) is 9.91. The van der Waals surface area contributed by atoms with Gasteiger partial charge in [0.05, 0.1) is 6.20 Å². The molecule has 100 valence electrons. The minimum absolute atomic E-state index is 0.0954. The summed E-state index contributed by atoms with van der Waals surface area (Å²) in [6.07, 6.45) is 5.83. The Labute approximate surface area is 108 Å². The molecule has 18 heavy (non-hydrogen) atoms. The molecule has 1 aromatic rings. The van der Waals surface area contributed by atoms with Crippen LogP contribution >= 0.6 is 0 Å². The van der Waals surface area contributed by atoms with Gasteiger partial charge in [0.1, 0.15) is 0 Å². The molecule has 2 N–H and O–H groups in total. The average molecular weight is 250 g/mol. The second kappa shape index (κ2) is 7.66. The van der Waals surface area contributed by atoms with Crippen molar-refractivity contribution in [1.82, 2.24) is 20.4 Å². The fourth-order valence-electron chi connectivity index (χ4n) is 1.41. The number of hydrogen-bond donors (Lipinski definition) is 2. The van der Waals surface area contributed by atoms with E-state index < -0.39 is 0 Å². The Kier molecular flexibility index (Phi) is 6.14. The summed E-state index contributed by atoms with van der Waals surface area (Å²) < 4.78 is 1.66. The third-order valence-corrected chi connectivity index (χ3v) is 2.41. The lowest BCUT2D eigenvalue weighted by Gasteiger charge is -2.07. The molecule has 0 aliphatic rings. The third-order valence-electron chi connectivity index (χ3n) is 2.41. The third kappa shape index (κ3) is 5.63. The Bertz CT molecular complexity index is 384. The van der Waals surface area contributed by atoms with Gasteiger partial charge in [0.15, 0.2) is 0 Å². The number of nitrogens with zero attached hydrogens (tertiary/aromatic N) is 2. The summed E-state index contributed by atoms with van der Waals surface area (Å²) in [5.74, 6) is 0.588. The molecule has 0 unspecified atom stereocenters. The smallest absolute Gasteiger partial charge is 0.221 e. The van der Waals surface area contributed by atoms with E-state index in [9.17, 15) is 4.79 Å². The molecule has 0 fully saturated rings. The molecule has 0 saturated carbocycles. The summed E-state index contributed by atoms with van der Waals surface area (Å²) in [5, 5.41) is 10.2. The van der Waals surface area contributed by atoms with E-state index >= 15 is 0 Å². The molecule has 0 aromatic carbocycles. The minimum Gasteiger partial charge on any atom is -0.356 e. The second-order valence-corrected chi connectivity index (χ2v) is 4.64. The molecule has 1 aromatic heterocycles. The number of hydrogen-bond acceptors (Lipinski definition) is 3. The van der Waals surface area contributed by atoms with Crippen molar-refractivity contribution < 1.29 is 4.79 Å². The Balaban J connectivity index is 2.11. The van der Waals surface area contributed by atoms with E-state index in [1.807, 2.05) is 6.20 Å². The predicted octanol–water partition coefficient (Wildman–Crippen LogP) is 1.24. The van der Waals surface area contributed by atoms with Gasteiger partial charge in [0.25, 0.3) is 0 Å². The van der Waals surface area contributed by atoms with Gasteiger partial charge in [0, 0.05) is 44.0 Å². The van der Waals surface area contributed by atoms with Gasteiger partial charge in [-0.3, -0.25) is 4.79 Å². The van der Waals surface area contributed by atoms with Gasteiger partial charge in [-0.05, 0) is 5.92 Å². The summed E-state index contributed by atoms with van der Waals surface area (Å²) in [4.78, 5) is 11.4. The van der Waals surface area contributed by atoms with Crippen LogP contribution in [0, 0.1) is 5.92 Å². The highest BCUT2D eigenvalue weighted by Crippen LogP contribution is 1.97. The number of nitrogens with one attached hydrogen (secondary N) is 2. The quantitative estimate of drug-likeness (QED) is 0.682. The summed E-state index contributed by atoms with van der Waals surface area (Å²) in [5.41, 5.74) is 1.08. The highest BCUT2D eigenvalue weighted by Gasteiger charge is 2.02. The van der Waals surface area contributed by atoms with Crippen molar-refractivity contribution in [3.05, 3.63) is 24.5 Å². The largest absolute Gasteiger partial charge is 0.356 e. The molecule has 5 heteroatoms. The van der Waals surface area contributed by atoms with Gasteiger partial charge >= 0.3 is 0 Å². The zero-order valence-electron chi connectivity index (χ0n) is 11.1. The van der Waals surface area contributed by atoms with Crippen LogP contribution in [0.25, 0.3) is 6.20 Å². The van der Waals surface area contributed by atoms with Gasteiger partial charge in [-0.15, -0.1) is 0 Å². The number of aromatic nitrogens is 2. The monoisotopic (exact) mass is 250 g/mol. The summed E-state index contributed by atoms with van der Waals surface area (Å²) >= 11 is 0. The van der Waals surface area contributed by atoms with Crippen LogP contribution < -0.4 is 10.6 Å². The van der Waals surface area contributed by atoms with Crippen LogP contribution in [-0.4, -0.2) is 28.8 Å². The van der Waals surface area contributed by atoms with Crippen molar-refractivity contribution in [2.45, 2.75) is 26.8 Å². The van der Waals surface area contributed by atoms with Gasteiger partial charge < -0.3 is 10.6 Å². The van der Waals surface area contributed by atoms with Crippen molar-refractivity contribution in [1.29, 1.82) is 0 Å². The standard InChI is InChI=1S/C13H22N4O/c1-4-17-10-12(9-16-17)8-14-6-5-13(18)15-7-11(2)3/h4,9-11,14H,1,5-8H2,2-3H3,(H,15,18). The van der Waals surface area contributed by atoms with Crippen molar-refractivity contribution in [3.8, 4) is 0 Å². The van der Waals surface area contributed by atoms with E-state index in [-0.39, 0.29) is 5.91 Å². The average Bonchev–Trinajstić information content (AvgIpc) is 2.80. The van der Waals surface area contributed by atoms with Crippen molar-refractivity contribution in [3.63, 3.8) is 0 Å². The predicted molar refractivity (Wildman–Crippen MR) is 72.8 cm³/mol. The maximum absolute atomic E-state index is 11.4. The first-order valence-corrected chi connectivity index (χ1v) is 6.25. The van der Waals surface area contributed by atoms with E-state index in [1.165, 1.54) is 0 Å². The molecule has 0 saturated heterocycles. The topological polar surface area (TPSA) is 59.0 Å². The van der Waals surface area contributed by atoms with Crippen LogP contribution in [0.1, 0.15) is 25.8 Å². The normalized spacial score (nSPS) is 10.6. The van der Waals surface area contributed by atoms with Gasteiger partial charge in [-0.2, -0.15) is 5.10 Å². The molecule has 5 nitrogen and oxygen atoms in total. The fraction of sp³-hybridized carbons (Fsp3) is 0.538. The molecular formula is C13H22N4O. The lowest BCUT2D eigenvalue weighted by atomic mass is 10.2. The molecule has 1 rings (SSSR count). The van der Waals surface area contributed by atoms with Gasteiger partial charge in [-0.1, -0.05) is 20.4 Å². The number of amides is 1. The molecule has 0 spiro atoms. The van der Waals surface area contributed by atoms with Crippen molar-refractivity contribution in [2.75, 3.05) is 13.1 Å². The van der Waals surface area contributed by atoms with Crippen LogP contribution in [0.5, 0.6) is 0 Å². The minimum atomic E-state index is 0.0954. The summed E-state index contributed by atoms with van der Waals surface area (Å²) in [7, 11) is 0. The van der Waals surface area contributed by atoms with Crippen LogP contribution in [0.3, 0.4) is 0 Å². The fourth-order valence-corrected chi connectivity index (χ4v) is 1.41. The lowest BCUT2D eigenvalue weighted by molar-refractivity contribution is -0.121. The van der Waals surface area contributed by atoms with Crippen LogP contribution in [0.4, 0.5) is 0 Å². The molecule has 0 atom stereocenters. The Morgan fingerprint density at radius 1 is 1.61 bits per heavy atom. The molecule has 0 aliphatic heterocycles. The molecular weight excluding hydrogens is 228 g/mol. The van der Waals surface area contributed by atoms with Crippen molar-refractivity contribution >= 4 is 12.1 Å². The zero-order valence-corrected chi connectivity index (χ0v) is 11.1. The zero-order chi connectivity index (χ0) is 13.4. The van der Waals surface area contributed by atoms with Gasteiger partial charge in [0.2, 0.25) is 5.91 Å². The van der Waals surface area contributed by atoms with E-state index in [1.54, 1.807) is 17.1 Å². The van der Waals surface area contributed by atoms with Crippen molar-refractivity contribution in [2.24, 2.45) is 5.92 Å². The van der Waals surface area contributed by atoms with E-state index in [2.05, 4.69) is 36.2 Å². The van der Waals surface area contributed by atoms with E-state index in [4.69, 9.17) is 0 Å². The first kappa shape index (κ1) is 14.4. The second-order valence-electron chi connectivity index (χ2n) is 4.64.